The van der Waals surface area contributed by atoms with E-state index in [0.717, 1.165) is 36.2 Å². The number of halogens is 3. The Morgan fingerprint density at radius 3 is 2.41 bits per heavy atom. The van der Waals surface area contributed by atoms with Gasteiger partial charge in [0.25, 0.3) is 0 Å². The molecule has 4 rings (SSSR count). The largest absolute Gasteiger partial charge is 0.498 e. The molecule has 0 heterocycles. The van der Waals surface area contributed by atoms with E-state index in [1.807, 2.05) is 6.92 Å². The van der Waals surface area contributed by atoms with Gasteiger partial charge in [-0.2, -0.15) is 13.2 Å². The molecular formula is C22H26F3NO. The minimum Gasteiger partial charge on any atom is -0.498 e. The van der Waals surface area contributed by atoms with Crippen molar-refractivity contribution in [3.8, 4) is 0 Å². The summed E-state index contributed by atoms with van der Waals surface area (Å²) in [5, 5.41) is 0. The Balaban J connectivity index is 1.82. The molecule has 5 heteroatoms. The van der Waals surface area contributed by atoms with E-state index in [1.165, 1.54) is 18.6 Å². The molecule has 1 saturated carbocycles. The van der Waals surface area contributed by atoms with Crippen molar-refractivity contribution >= 4 is 5.57 Å². The molecule has 0 radical (unpaired) electrons. The Labute approximate surface area is 158 Å². The number of likely N-dealkylation sites (N-methyl/N-ethyl adjacent to an activating group) is 1. The zero-order chi connectivity index (χ0) is 19.4. The van der Waals surface area contributed by atoms with E-state index in [0.29, 0.717) is 12.5 Å². The molecule has 2 nitrogen and oxygen atoms in total. The molecule has 146 valence electrons. The Hall–Kier alpha value is -1.75. The molecule has 1 aromatic carbocycles. The fourth-order valence-corrected chi connectivity index (χ4v) is 5.59. The molecule has 0 amide bonds. The molecule has 1 fully saturated rings. The molecule has 0 saturated heterocycles. The van der Waals surface area contributed by atoms with Gasteiger partial charge in [0, 0.05) is 5.92 Å². The van der Waals surface area contributed by atoms with Crippen molar-refractivity contribution in [3.63, 3.8) is 0 Å². The van der Waals surface area contributed by atoms with Gasteiger partial charge in [-0.05, 0) is 63.2 Å². The molecule has 3 atom stereocenters. The fourth-order valence-electron chi connectivity index (χ4n) is 5.59. The van der Waals surface area contributed by atoms with Crippen LogP contribution in [-0.2, 0) is 10.9 Å². The first-order chi connectivity index (χ1) is 12.8. The lowest BCUT2D eigenvalue weighted by atomic mass is 9.67. The van der Waals surface area contributed by atoms with Crippen LogP contribution < -0.4 is 0 Å². The molecule has 0 aromatic heterocycles. The van der Waals surface area contributed by atoms with Crippen LogP contribution in [0, 0.1) is 11.3 Å². The highest BCUT2D eigenvalue weighted by molar-refractivity contribution is 5.83. The van der Waals surface area contributed by atoms with E-state index in [4.69, 9.17) is 4.74 Å². The summed E-state index contributed by atoms with van der Waals surface area (Å²) >= 11 is 0. The number of hydrogen-bond acceptors (Lipinski definition) is 2. The van der Waals surface area contributed by atoms with Gasteiger partial charge in [-0.25, -0.2) is 0 Å². The molecule has 0 unspecified atom stereocenters. The molecule has 0 aliphatic heterocycles. The van der Waals surface area contributed by atoms with Gasteiger partial charge in [-0.3, -0.25) is 4.90 Å². The average molecular weight is 377 g/mol. The van der Waals surface area contributed by atoms with Crippen LogP contribution in [0.4, 0.5) is 13.2 Å². The second kappa shape index (κ2) is 6.13. The quantitative estimate of drug-likeness (QED) is 0.686. The van der Waals surface area contributed by atoms with Crippen LogP contribution in [0.3, 0.4) is 0 Å². The maximum Gasteiger partial charge on any atom is 0.416 e. The smallest absolute Gasteiger partial charge is 0.416 e. The van der Waals surface area contributed by atoms with E-state index in [2.05, 4.69) is 31.1 Å². The predicted octanol–water partition coefficient (Wildman–Crippen LogP) is 5.51. The third-order valence-electron chi connectivity index (χ3n) is 6.69. The summed E-state index contributed by atoms with van der Waals surface area (Å²) in [5.41, 5.74) is 0.963. The van der Waals surface area contributed by atoms with Gasteiger partial charge < -0.3 is 4.74 Å². The maximum absolute atomic E-state index is 13.0. The number of nitrogens with zero attached hydrogens (tertiary/aromatic N) is 1. The van der Waals surface area contributed by atoms with Crippen LogP contribution in [0.5, 0.6) is 0 Å². The number of rotatable bonds is 4. The third-order valence-corrected chi connectivity index (χ3v) is 6.69. The highest BCUT2D eigenvalue weighted by Crippen LogP contribution is 2.67. The summed E-state index contributed by atoms with van der Waals surface area (Å²) in [6, 6.07) is 5.63. The van der Waals surface area contributed by atoms with E-state index >= 15 is 0 Å². The number of benzene rings is 1. The number of alkyl halides is 3. The number of allylic oxidation sites excluding steroid dienone is 1. The Morgan fingerprint density at radius 1 is 1.11 bits per heavy atom. The van der Waals surface area contributed by atoms with Crippen LogP contribution in [0.2, 0.25) is 0 Å². The molecule has 0 N–H and O–H groups in total. The SMILES string of the molecule is CCOC1=C[C@@]2(N(C)C)C(c3ccc(C(F)(F)F)cc3)=C[C@@]13CCCC[C@H]32. The van der Waals surface area contributed by atoms with Crippen molar-refractivity contribution in [2.24, 2.45) is 11.3 Å². The second-order valence-electron chi connectivity index (χ2n) is 8.13. The standard InChI is InChI=1S/C22H26F3NO/c1-4-27-19-14-21(26(2)3)17(13-20(19)12-6-5-7-18(20)21)15-8-10-16(11-9-15)22(23,24)25/h8-11,13-14,18H,4-7,12H2,1-3H3/t18-,20-,21-/m1/s1. The van der Waals surface area contributed by atoms with Crippen LogP contribution >= 0.6 is 0 Å². The van der Waals surface area contributed by atoms with E-state index in [-0.39, 0.29) is 11.0 Å². The first kappa shape index (κ1) is 18.6. The van der Waals surface area contributed by atoms with Crippen molar-refractivity contribution in [1.82, 2.24) is 4.90 Å². The molecule has 2 bridgehead atoms. The molecule has 3 aliphatic rings. The monoisotopic (exact) mass is 377 g/mol. The van der Waals surface area contributed by atoms with E-state index in [9.17, 15) is 13.2 Å². The Morgan fingerprint density at radius 2 is 1.81 bits per heavy atom. The summed E-state index contributed by atoms with van der Waals surface area (Å²) in [7, 11) is 4.13. The van der Waals surface area contributed by atoms with Crippen molar-refractivity contribution in [1.29, 1.82) is 0 Å². The zero-order valence-corrected chi connectivity index (χ0v) is 16.1. The molecular weight excluding hydrogens is 351 g/mol. The summed E-state index contributed by atoms with van der Waals surface area (Å²) < 4.78 is 45.0. The van der Waals surface area contributed by atoms with Crippen molar-refractivity contribution in [2.75, 3.05) is 20.7 Å². The van der Waals surface area contributed by atoms with Crippen LogP contribution in [-0.4, -0.2) is 31.1 Å². The molecule has 1 aromatic rings. The highest BCUT2D eigenvalue weighted by atomic mass is 19.4. The number of hydrogen-bond donors (Lipinski definition) is 0. The average Bonchev–Trinajstić information content (AvgIpc) is 3.09. The molecule has 0 spiro atoms. The van der Waals surface area contributed by atoms with Gasteiger partial charge >= 0.3 is 6.18 Å². The van der Waals surface area contributed by atoms with Crippen LogP contribution in [0.15, 0.2) is 42.2 Å². The summed E-state index contributed by atoms with van der Waals surface area (Å²) in [6.07, 6.45) is 4.74. The van der Waals surface area contributed by atoms with Crippen molar-refractivity contribution < 1.29 is 17.9 Å². The lowest BCUT2D eigenvalue weighted by Crippen LogP contribution is -2.48. The summed E-state index contributed by atoms with van der Waals surface area (Å²) in [4.78, 5) is 2.22. The molecule has 27 heavy (non-hydrogen) atoms. The van der Waals surface area contributed by atoms with Gasteiger partial charge in [-0.1, -0.05) is 31.1 Å². The van der Waals surface area contributed by atoms with Gasteiger partial charge in [0.2, 0.25) is 0 Å². The lowest BCUT2D eigenvalue weighted by molar-refractivity contribution is -0.137. The van der Waals surface area contributed by atoms with Gasteiger partial charge in [0.15, 0.2) is 0 Å². The summed E-state index contributed by atoms with van der Waals surface area (Å²) in [5.74, 6) is 1.44. The first-order valence-electron chi connectivity index (χ1n) is 9.70. The number of ether oxygens (including phenoxy) is 1. The van der Waals surface area contributed by atoms with Gasteiger partial charge in [0.1, 0.15) is 5.76 Å². The minimum atomic E-state index is -4.31. The van der Waals surface area contributed by atoms with Crippen LogP contribution in [0.25, 0.3) is 5.57 Å². The summed E-state index contributed by atoms with van der Waals surface area (Å²) in [6.45, 7) is 2.64. The minimum absolute atomic E-state index is 0.115. The first-order valence-corrected chi connectivity index (χ1v) is 9.70. The zero-order valence-electron chi connectivity index (χ0n) is 16.1. The van der Waals surface area contributed by atoms with Crippen molar-refractivity contribution in [2.45, 2.75) is 44.3 Å². The topological polar surface area (TPSA) is 12.5 Å². The predicted molar refractivity (Wildman–Crippen MR) is 99.9 cm³/mol. The van der Waals surface area contributed by atoms with Crippen LogP contribution in [0.1, 0.15) is 43.7 Å². The molecule has 3 aliphatic carbocycles. The van der Waals surface area contributed by atoms with Crippen molar-refractivity contribution in [3.05, 3.63) is 53.3 Å². The maximum atomic E-state index is 13.0. The Bertz CT molecular complexity index is 793. The highest BCUT2D eigenvalue weighted by Gasteiger charge is 2.65. The fraction of sp³-hybridized carbons (Fsp3) is 0.545. The normalized spacial score (nSPS) is 32.3. The third kappa shape index (κ3) is 2.50. The van der Waals surface area contributed by atoms with Gasteiger partial charge in [0.05, 0.1) is 23.1 Å². The Kier molecular flexibility index (Phi) is 4.22. The van der Waals surface area contributed by atoms with E-state index < -0.39 is 11.7 Å². The second-order valence-corrected chi connectivity index (χ2v) is 8.13. The van der Waals surface area contributed by atoms with Gasteiger partial charge in [-0.15, -0.1) is 0 Å². The van der Waals surface area contributed by atoms with E-state index in [1.54, 1.807) is 12.1 Å². The lowest BCUT2D eigenvalue weighted by Gasteiger charge is -2.43.